The number of benzene rings is 2. The van der Waals surface area contributed by atoms with Gasteiger partial charge in [-0.2, -0.15) is 0 Å². The molecule has 1 aliphatic heterocycles. The van der Waals surface area contributed by atoms with E-state index in [0.29, 0.717) is 0 Å². The zero-order valence-electron chi connectivity index (χ0n) is 13.8. The largest absolute Gasteiger partial charge is 0.293 e. The Balaban J connectivity index is 2.24. The maximum absolute atomic E-state index is 4.97. The monoisotopic (exact) mass is 318 g/mol. The first kappa shape index (κ1) is 13.4. The molecular formula is C20H18N2S. The van der Waals surface area contributed by atoms with Gasteiger partial charge in [0.1, 0.15) is 5.65 Å². The maximum Gasteiger partial charge on any atom is 0.145 e. The number of nitrogens with zero attached hydrogens (tertiary/aromatic N) is 2. The van der Waals surface area contributed by atoms with Crippen molar-refractivity contribution < 1.29 is 0 Å². The quantitative estimate of drug-likeness (QED) is 0.393. The molecule has 0 fully saturated rings. The molecule has 23 heavy (non-hydrogen) atoms. The minimum absolute atomic E-state index is 0.0289. The summed E-state index contributed by atoms with van der Waals surface area (Å²) in [5.41, 5.74) is 6.25. The van der Waals surface area contributed by atoms with Crippen LogP contribution in [0.5, 0.6) is 0 Å². The normalized spacial score (nSPS) is 16.0. The number of pyridine rings is 1. The van der Waals surface area contributed by atoms with E-state index in [0.717, 1.165) is 11.3 Å². The van der Waals surface area contributed by atoms with E-state index in [9.17, 15) is 0 Å². The maximum atomic E-state index is 4.97. The Morgan fingerprint density at radius 3 is 2.52 bits per heavy atom. The Hall–Kier alpha value is -2.00. The lowest BCUT2D eigenvalue weighted by molar-refractivity contribution is 0.725. The first-order valence-corrected chi connectivity index (χ1v) is 8.83. The van der Waals surface area contributed by atoms with Crippen LogP contribution in [0.25, 0.3) is 27.3 Å². The van der Waals surface area contributed by atoms with E-state index in [1.807, 2.05) is 11.8 Å². The lowest BCUT2D eigenvalue weighted by atomic mass is 10.0. The van der Waals surface area contributed by atoms with Gasteiger partial charge in [-0.1, -0.05) is 30.3 Å². The van der Waals surface area contributed by atoms with Crippen LogP contribution in [0.1, 0.15) is 30.8 Å². The van der Waals surface area contributed by atoms with Gasteiger partial charge >= 0.3 is 0 Å². The van der Waals surface area contributed by atoms with E-state index in [4.69, 9.17) is 4.98 Å². The summed E-state index contributed by atoms with van der Waals surface area (Å²) in [6, 6.07) is 13.2. The molecule has 0 unspecified atom stereocenters. The molecule has 1 aliphatic rings. The van der Waals surface area contributed by atoms with Crippen LogP contribution in [0.2, 0.25) is 0 Å². The topological polar surface area (TPSA) is 17.3 Å². The van der Waals surface area contributed by atoms with Gasteiger partial charge in [-0.25, -0.2) is 4.98 Å². The highest BCUT2D eigenvalue weighted by atomic mass is 32.2. The van der Waals surface area contributed by atoms with Crippen molar-refractivity contribution >= 4 is 39.1 Å². The van der Waals surface area contributed by atoms with Gasteiger partial charge in [0.2, 0.25) is 0 Å². The van der Waals surface area contributed by atoms with Crippen molar-refractivity contribution in [2.75, 3.05) is 0 Å². The minimum Gasteiger partial charge on any atom is -0.293 e. The molecule has 3 heteroatoms. The molecule has 0 atom stereocenters. The predicted molar refractivity (Wildman–Crippen MR) is 98.6 cm³/mol. The number of hydrogen-bond donors (Lipinski definition) is 0. The van der Waals surface area contributed by atoms with Gasteiger partial charge < -0.3 is 0 Å². The fourth-order valence-electron chi connectivity index (χ4n) is 4.17. The molecule has 0 aliphatic carbocycles. The van der Waals surface area contributed by atoms with Crippen molar-refractivity contribution in [3.05, 3.63) is 53.3 Å². The molecule has 5 rings (SSSR count). The molecule has 2 aromatic carbocycles. The third-order valence-corrected chi connectivity index (χ3v) is 6.25. The van der Waals surface area contributed by atoms with Gasteiger partial charge in [0.25, 0.3) is 0 Å². The van der Waals surface area contributed by atoms with Crippen LogP contribution in [0.4, 0.5) is 0 Å². The van der Waals surface area contributed by atoms with E-state index in [-0.39, 0.29) is 4.75 Å². The number of aromatic nitrogens is 2. The summed E-state index contributed by atoms with van der Waals surface area (Å²) in [4.78, 5) is 6.33. The summed E-state index contributed by atoms with van der Waals surface area (Å²) in [7, 11) is 0. The number of thioether (sulfide) groups is 1. The molecule has 0 radical (unpaired) electrons. The second-order valence-corrected chi connectivity index (χ2v) is 8.63. The average Bonchev–Trinajstić information content (AvgIpc) is 2.87. The summed E-state index contributed by atoms with van der Waals surface area (Å²) < 4.78 is 2.45. The average molecular weight is 318 g/mol. The van der Waals surface area contributed by atoms with E-state index in [2.05, 4.69) is 68.5 Å². The van der Waals surface area contributed by atoms with Crippen molar-refractivity contribution in [1.82, 2.24) is 9.38 Å². The molecule has 2 aromatic heterocycles. The summed E-state index contributed by atoms with van der Waals surface area (Å²) >= 11 is 1.95. The highest BCUT2D eigenvalue weighted by molar-refractivity contribution is 8.00. The minimum atomic E-state index is 0.0289. The zero-order chi connectivity index (χ0) is 15.9. The zero-order valence-corrected chi connectivity index (χ0v) is 14.6. The van der Waals surface area contributed by atoms with E-state index in [1.165, 1.54) is 37.8 Å². The summed E-state index contributed by atoms with van der Waals surface area (Å²) in [6.07, 6.45) is 0. The molecule has 0 amide bonds. The standard InChI is InChI=1S/C20H18N2S/c1-11-9-10-15-17-16(11)13-7-5-6-8-14(13)19-21-12(2)18(22(17)19)20(3,4)23-15/h5-10H,1-4H3. The van der Waals surface area contributed by atoms with Crippen LogP contribution >= 0.6 is 11.8 Å². The third-order valence-electron chi connectivity index (χ3n) is 5.00. The molecule has 114 valence electrons. The van der Waals surface area contributed by atoms with Crippen LogP contribution in [0.15, 0.2) is 41.3 Å². The van der Waals surface area contributed by atoms with Gasteiger partial charge in [0.15, 0.2) is 0 Å². The van der Waals surface area contributed by atoms with Gasteiger partial charge in [0.05, 0.1) is 21.7 Å². The smallest absolute Gasteiger partial charge is 0.145 e. The molecule has 0 N–H and O–H groups in total. The van der Waals surface area contributed by atoms with Crippen LogP contribution in [0, 0.1) is 13.8 Å². The Morgan fingerprint density at radius 2 is 1.74 bits per heavy atom. The van der Waals surface area contributed by atoms with Crippen molar-refractivity contribution in [3.8, 4) is 0 Å². The highest BCUT2D eigenvalue weighted by Gasteiger charge is 2.35. The van der Waals surface area contributed by atoms with Gasteiger partial charge in [-0.3, -0.25) is 4.40 Å². The SMILES string of the molecule is Cc1nc2c3ccccc3c3c(C)ccc4c3n2c1C(C)(C)S4. The van der Waals surface area contributed by atoms with Crippen molar-refractivity contribution in [1.29, 1.82) is 0 Å². The summed E-state index contributed by atoms with van der Waals surface area (Å²) in [5.74, 6) is 0. The summed E-state index contributed by atoms with van der Waals surface area (Å²) in [5, 5.41) is 3.93. The molecule has 0 bridgehead atoms. The summed E-state index contributed by atoms with van der Waals surface area (Å²) in [6.45, 7) is 8.97. The second-order valence-electron chi connectivity index (χ2n) is 6.97. The first-order valence-electron chi connectivity index (χ1n) is 8.01. The van der Waals surface area contributed by atoms with Crippen LogP contribution in [-0.2, 0) is 4.75 Å². The number of hydrogen-bond acceptors (Lipinski definition) is 2. The Labute approximate surface area is 139 Å². The molecule has 3 heterocycles. The van der Waals surface area contributed by atoms with Gasteiger partial charge in [-0.05, 0) is 44.7 Å². The lowest BCUT2D eigenvalue weighted by Crippen LogP contribution is -2.20. The molecule has 0 spiro atoms. The van der Waals surface area contributed by atoms with Crippen LogP contribution < -0.4 is 0 Å². The fourth-order valence-corrected chi connectivity index (χ4v) is 5.48. The Kier molecular flexibility index (Phi) is 2.39. The molecular weight excluding hydrogens is 300 g/mol. The van der Waals surface area contributed by atoms with Crippen molar-refractivity contribution in [2.24, 2.45) is 0 Å². The van der Waals surface area contributed by atoms with Gasteiger partial charge in [-0.15, -0.1) is 11.8 Å². The Morgan fingerprint density at radius 1 is 1.00 bits per heavy atom. The van der Waals surface area contributed by atoms with Crippen LogP contribution in [-0.4, -0.2) is 9.38 Å². The lowest BCUT2D eigenvalue weighted by Gasteiger charge is -2.31. The number of rotatable bonds is 0. The van der Waals surface area contributed by atoms with E-state index in [1.54, 1.807) is 0 Å². The van der Waals surface area contributed by atoms with Crippen molar-refractivity contribution in [2.45, 2.75) is 37.3 Å². The molecule has 4 aromatic rings. The molecule has 0 saturated carbocycles. The number of imidazole rings is 1. The third kappa shape index (κ3) is 1.53. The molecule has 2 nitrogen and oxygen atoms in total. The van der Waals surface area contributed by atoms with E-state index < -0.39 is 0 Å². The number of fused-ring (bicyclic) bond motifs is 3. The highest BCUT2D eigenvalue weighted by Crippen LogP contribution is 2.51. The van der Waals surface area contributed by atoms with Crippen molar-refractivity contribution in [3.63, 3.8) is 0 Å². The first-order chi connectivity index (χ1) is 11.0. The second kappa shape index (κ2) is 4.09. The van der Waals surface area contributed by atoms with Gasteiger partial charge in [0, 0.05) is 15.7 Å². The van der Waals surface area contributed by atoms with Crippen LogP contribution in [0.3, 0.4) is 0 Å². The predicted octanol–water partition coefficient (Wildman–Crippen LogP) is 5.60. The van der Waals surface area contributed by atoms with E-state index >= 15 is 0 Å². The fraction of sp³-hybridized carbons (Fsp3) is 0.250. The number of aryl methyl sites for hydroxylation is 2. The Bertz CT molecular complexity index is 1140. The molecule has 0 saturated heterocycles.